The van der Waals surface area contributed by atoms with E-state index in [0.29, 0.717) is 35.8 Å². The molecule has 2 amide bonds. The van der Waals surface area contributed by atoms with Gasteiger partial charge in [0.25, 0.3) is 0 Å². The number of alkyl halides is 1. The molecule has 35 heavy (non-hydrogen) atoms. The third-order valence-corrected chi connectivity index (χ3v) is 6.70. The number of carbonyl (C=O) groups excluding carboxylic acids is 2. The summed E-state index contributed by atoms with van der Waals surface area (Å²) in [6, 6.07) is 12.2. The molecule has 1 atom stereocenters. The van der Waals surface area contributed by atoms with Crippen LogP contribution in [0.5, 0.6) is 17.2 Å². The summed E-state index contributed by atoms with van der Waals surface area (Å²) in [5.41, 5.74) is 1.67. The molecule has 1 saturated carbocycles. The maximum Gasteiger partial charge on any atom is 0.247 e. The molecule has 1 aliphatic carbocycles. The van der Waals surface area contributed by atoms with Crippen LogP contribution in [0.2, 0.25) is 0 Å². The minimum Gasteiger partial charge on any atom is -0.497 e. The van der Waals surface area contributed by atoms with Gasteiger partial charge < -0.3 is 24.4 Å². The van der Waals surface area contributed by atoms with E-state index < -0.39 is 6.04 Å². The number of carbonyl (C=O) groups is 2. The van der Waals surface area contributed by atoms with Crippen molar-refractivity contribution in [2.45, 2.75) is 50.6 Å². The highest BCUT2D eigenvalue weighted by Gasteiger charge is 2.32. The second-order valence-corrected chi connectivity index (χ2v) is 8.95. The highest BCUT2D eigenvalue weighted by molar-refractivity contribution is 6.27. The number of hydrogen-bond acceptors (Lipinski definition) is 5. The molecule has 0 bridgehead atoms. The molecule has 190 valence electrons. The number of rotatable bonds is 11. The first-order valence-electron chi connectivity index (χ1n) is 12.0. The Morgan fingerprint density at radius 2 is 1.66 bits per heavy atom. The normalized spacial score (nSPS) is 14.6. The molecule has 0 spiro atoms. The number of hydrogen-bond donors (Lipinski definition) is 1. The summed E-state index contributed by atoms with van der Waals surface area (Å²) in [6.45, 7) is 0.315. The molecule has 1 N–H and O–H groups in total. The van der Waals surface area contributed by atoms with Gasteiger partial charge in [0.2, 0.25) is 11.8 Å². The predicted octanol–water partition coefficient (Wildman–Crippen LogP) is 4.51. The summed E-state index contributed by atoms with van der Waals surface area (Å²) in [5, 5.41) is 3.19. The van der Waals surface area contributed by atoms with E-state index in [2.05, 4.69) is 5.32 Å². The molecule has 3 rings (SSSR count). The highest BCUT2D eigenvalue weighted by atomic mass is 35.5. The number of amides is 2. The lowest BCUT2D eigenvalue weighted by atomic mass is 9.94. The van der Waals surface area contributed by atoms with E-state index in [1.165, 1.54) is 6.42 Å². The highest BCUT2D eigenvalue weighted by Crippen LogP contribution is 2.29. The molecule has 0 heterocycles. The summed E-state index contributed by atoms with van der Waals surface area (Å²) >= 11 is 6.01. The Morgan fingerprint density at radius 3 is 2.26 bits per heavy atom. The number of halogens is 1. The van der Waals surface area contributed by atoms with Gasteiger partial charge in [-0.2, -0.15) is 0 Å². The summed E-state index contributed by atoms with van der Waals surface area (Å²) in [5.74, 6) is 1.23. The Balaban J connectivity index is 1.88. The standard InChI is InChI=1S/C27H35ClN2O5/c1-33-22-12-10-20(11-13-22)26(27(32)29-21-7-5-4-6-8-21)30(25(31)18-28)16-15-19-9-14-23(34-2)24(17-19)35-3/h9-14,17,21,26H,4-8,15-16,18H2,1-3H3,(H,29,32). The Kier molecular flexibility index (Phi) is 10.1. The van der Waals surface area contributed by atoms with Gasteiger partial charge in [-0.05, 0) is 54.7 Å². The largest absolute Gasteiger partial charge is 0.497 e. The van der Waals surface area contributed by atoms with E-state index in [0.717, 1.165) is 31.2 Å². The smallest absolute Gasteiger partial charge is 0.247 e. The van der Waals surface area contributed by atoms with Crippen molar-refractivity contribution in [2.75, 3.05) is 33.8 Å². The molecule has 0 radical (unpaired) electrons. The van der Waals surface area contributed by atoms with Gasteiger partial charge in [0, 0.05) is 12.6 Å². The lowest BCUT2D eigenvalue weighted by Crippen LogP contribution is -2.48. The van der Waals surface area contributed by atoms with Gasteiger partial charge in [-0.1, -0.05) is 37.5 Å². The Hall–Kier alpha value is -2.93. The van der Waals surface area contributed by atoms with E-state index in [1.54, 1.807) is 38.4 Å². The van der Waals surface area contributed by atoms with Crippen LogP contribution >= 0.6 is 11.6 Å². The first kappa shape index (κ1) is 26.7. The number of methoxy groups -OCH3 is 3. The van der Waals surface area contributed by atoms with Crippen molar-refractivity contribution in [2.24, 2.45) is 0 Å². The van der Waals surface area contributed by atoms with Gasteiger partial charge in [-0.15, -0.1) is 11.6 Å². The number of nitrogens with zero attached hydrogens (tertiary/aromatic N) is 1. The first-order valence-corrected chi connectivity index (χ1v) is 12.5. The zero-order chi connectivity index (χ0) is 25.2. The fraction of sp³-hybridized carbons (Fsp3) is 0.481. The van der Waals surface area contributed by atoms with Crippen molar-refractivity contribution in [3.63, 3.8) is 0 Å². The van der Waals surface area contributed by atoms with Crippen LogP contribution in [0.4, 0.5) is 0 Å². The zero-order valence-electron chi connectivity index (χ0n) is 20.7. The Labute approximate surface area is 212 Å². The molecule has 7 nitrogen and oxygen atoms in total. The van der Waals surface area contributed by atoms with Gasteiger partial charge in [-0.3, -0.25) is 9.59 Å². The SMILES string of the molecule is COc1ccc(C(C(=O)NC2CCCCC2)N(CCc2ccc(OC)c(OC)c2)C(=O)CCl)cc1. The van der Waals surface area contributed by atoms with Crippen LogP contribution in [-0.4, -0.2) is 56.5 Å². The molecule has 2 aromatic carbocycles. The van der Waals surface area contributed by atoms with Crippen molar-refractivity contribution in [3.8, 4) is 17.2 Å². The molecule has 0 aromatic heterocycles. The molecule has 0 saturated heterocycles. The van der Waals surface area contributed by atoms with E-state index in [-0.39, 0.29) is 23.7 Å². The summed E-state index contributed by atoms with van der Waals surface area (Å²) in [7, 11) is 4.76. The molecule has 1 unspecified atom stereocenters. The van der Waals surface area contributed by atoms with Gasteiger partial charge in [0.1, 0.15) is 17.7 Å². The topological polar surface area (TPSA) is 77.1 Å². The minimum absolute atomic E-state index is 0.121. The quantitative estimate of drug-likeness (QED) is 0.457. The molecule has 2 aromatic rings. The van der Waals surface area contributed by atoms with E-state index >= 15 is 0 Å². The van der Waals surface area contributed by atoms with Crippen LogP contribution in [0.15, 0.2) is 42.5 Å². The van der Waals surface area contributed by atoms with Crippen molar-refractivity contribution in [1.82, 2.24) is 10.2 Å². The summed E-state index contributed by atoms with van der Waals surface area (Å²) < 4.78 is 16.0. The van der Waals surface area contributed by atoms with E-state index in [4.69, 9.17) is 25.8 Å². The van der Waals surface area contributed by atoms with Crippen molar-refractivity contribution in [3.05, 3.63) is 53.6 Å². The Morgan fingerprint density at radius 1 is 0.971 bits per heavy atom. The molecular weight excluding hydrogens is 468 g/mol. The third-order valence-electron chi connectivity index (χ3n) is 6.47. The maximum absolute atomic E-state index is 13.6. The Bertz CT molecular complexity index is 976. The average Bonchev–Trinajstić information content (AvgIpc) is 2.91. The maximum atomic E-state index is 13.6. The molecular formula is C27H35ClN2O5. The second kappa shape index (κ2) is 13.2. The average molecular weight is 503 g/mol. The van der Waals surface area contributed by atoms with Crippen LogP contribution in [0, 0.1) is 0 Å². The van der Waals surface area contributed by atoms with E-state index in [1.807, 2.05) is 30.3 Å². The van der Waals surface area contributed by atoms with E-state index in [9.17, 15) is 9.59 Å². The minimum atomic E-state index is -0.797. The van der Waals surface area contributed by atoms with Crippen molar-refractivity contribution >= 4 is 23.4 Å². The fourth-order valence-electron chi connectivity index (χ4n) is 4.55. The van der Waals surface area contributed by atoms with Crippen LogP contribution in [0.3, 0.4) is 0 Å². The van der Waals surface area contributed by atoms with Gasteiger partial charge in [-0.25, -0.2) is 0 Å². The zero-order valence-corrected chi connectivity index (χ0v) is 21.5. The third kappa shape index (κ3) is 7.04. The number of benzene rings is 2. The van der Waals surface area contributed by atoms with Crippen LogP contribution in [0.1, 0.15) is 49.3 Å². The summed E-state index contributed by atoms with van der Waals surface area (Å²) in [4.78, 5) is 28.2. The van der Waals surface area contributed by atoms with Crippen LogP contribution < -0.4 is 19.5 Å². The second-order valence-electron chi connectivity index (χ2n) is 8.68. The lowest BCUT2D eigenvalue weighted by molar-refractivity contribution is -0.139. The number of ether oxygens (including phenoxy) is 3. The van der Waals surface area contributed by atoms with Crippen LogP contribution in [-0.2, 0) is 16.0 Å². The fourth-order valence-corrected chi connectivity index (χ4v) is 4.70. The molecule has 1 aliphatic rings. The predicted molar refractivity (Wildman–Crippen MR) is 136 cm³/mol. The van der Waals surface area contributed by atoms with Crippen molar-refractivity contribution in [1.29, 1.82) is 0 Å². The molecule has 1 fully saturated rings. The van der Waals surface area contributed by atoms with Gasteiger partial charge in [0.05, 0.1) is 21.3 Å². The number of nitrogens with one attached hydrogen (secondary N) is 1. The molecule has 0 aliphatic heterocycles. The van der Waals surface area contributed by atoms with Gasteiger partial charge in [0.15, 0.2) is 11.5 Å². The van der Waals surface area contributed by atoms with Gasteiger partial charge >= 0.3 is 0 Å². The lowest BCUT2D eigenvalue weighted by Gasteiger charge is -2.33. The van der Waals surface area contributed by atoms with Crippen molar-refractivity contribution < 1.29 is 23.8 Å². The summed E-state index contributed by atoms with van der Waals surface area (Å²) in [6.07, 6.45) is 5.82. The monoisotopic (exact) mass is 502 g/mol. The van der Waals surface area contributed by atoms with Crippen LogP contribution in [0.25, 0.3) is 0 Å². The first-order chi connectivity index (χ1) is 17.0. The molecule has 8 heteroatoms.